The molecule has 0 saturated carbocycles. The fraction of sp³-hybridized carbons (Fsp3) is 0.444. The molecule has 0 aliphatic carbocycles. The van der Waals surface area contributed by atoms with Crippen molar-refractivity contribution >= 4 is 0 Å². The topological polar surface area (TPSA) is 47.5 Å². The molecule has 0 spiro atoms. The summed E-state index contributed by atoms with van der Waals surface area (Å²) >= 11 is 0. The summed E-state index contributed by atoms with van der Waals surface area (Å²) in [4.78, 5) is 11.2. The van der Waals surface area contributed by atoms with Crippen molar-refractivity contribution < 1.29 is 9.47 Å². The van der Waals surface area contributed by atoms with Crippen LogP contribution in [0.1, 0.15) is 24.1 Å². The van der Waals surface area contributed by atoms with E-state index in [1.165, 1.54) is 0 Å². The quantitative estimate of drug-likeness (QED) is 0.849. The molecular weight excluding hydrogens is 290 g/mol. The van der Waals surface area contributed by atoms with Crippen LogP contribution < -0.4 is 9.47 Å². The van der Waals surface area contributed by atoms with E-state index in [1.54, 1.807) is 13.3 Å². The Morgan fingerprint density at radius 2 is 2.00 bits per heavy atom. The van der Waals surface area contributed by atoms with Crippen molar-refractivity contribution in [3.8, 4) is 11.8 Å². The van der Waals surface area contributed by atoms with E-state index >= 15 is 0 Å². The smallest absolute Gasteiger partial charge is 0.216 e. The number of hydrogen-bond acceptors (Lipinski definition) is 5. The summed E-state index contributed by atoms with van der Waals surface area (Å²) in [7, 11) is 1.65. The fourth-order valence-corrected chi connectivity index (χ4v) is 2.83. The van der Waals surface area contributed by atoms with Crippen molar-refractivity contribution in [1.82, 2.24) is 14.9 Å². The van der Waals surface area contributed by atoms with Gasteiger partial charge in [-0.25, -0.2) is 9.97 Å². The van der Waals surface area contributed by atoms with Gasteiger partial charge in [0.25, 0.3) is 0 Å². The van der Waals surface area contributed by atoms with E-state index in [0.29, 0.717) is 5.88 Å². The molecule has 3 heterocycles. The molecule has 1 aliphatic rings. The van der Waals surface area contributed by atoms with Gasteiger partial charge in [0.2, 0.25) is 11.8 Å². The standard InChI is InChI=1S/C18H23N3O2/c1-14-5-4-10-19-18(14)23-16-8-11-21(12-9-16)13-15-6-3-7-17(20-15)22-2/h3-7,10,16H,8-9,11-13H2,1-2H3. The van der Waals surface area contributed by atoms with Crippen LogP contribution >= 0.6 is 0 Å². The van der Waals surface area contributed by atoms with Crippen LogP contribution in [0, 0.1) is 6.92 Å². The molecule has 3 rings (SSSR count). The first kappa shape index (κ1) is 15.7. The Hall–Kier alpha value is -2.14. The maximum Gasteiger partial charge on any atom is 0.216 e. The second-order valence-corrected chi connectivity index (χ2v) is 5.89. The molecule has 0 aromatic carbocycles. The average Bonchev–Trinajstić information content (AvgIpc) is 2.59. The lowest BCUT2D eigenvalue weighted by molar-refractivity contribution is 0.0919. The summed E-state index contributed by atoms with van der Waals surface area (Å²) in [5.41, 5.74) is 2.14. The lowest BCUT2D eigenvalue weighted by atomic mass is 10.1. The van der Waals surface area contributed by atoms with Gasteiger partial charge in [0.1, 0.15) is 6.10 Å². The summed E-state index contributed by atoms with van der Waals surface area (Å²) in [6, 6.07) is 9.87. The summed E-state index contributed by atoms with van der Waals surface area (Å²) < 4.78 is 11.2. The molecule has 0 unspecified atom stereocenters. The van der Waals surface area contributed by atoms with Crippen molar-refractivity contribution in [2.24, 2.45) is 0 Å². The van der Waals surface area contributed by atoms with Gasteiger partial charge in [0.05, 0.1) is 12.8 Å². The molecule has 5 nitrogen and oxygen atoms in total. The number of likely N-dealkylation sites (tertiary alicyclic amines) is 1. The van der Waals surface area contributed by atoms with Gasteiger partial charge >= 0.3 is 0 Å². The second-order valence-electron chi connectivity index (χ2n) is 5.89. The molecule has 1 saturated heterocycles. The van der Waals surface area contributed by atoms with Crippen LogP contribution in [0.3, 0.4) is 0 Å². The lowest BCUT2D eigenvalue weighted by Crippen LogP contribution is -2.38. The van der Waals surface area contributed by atoms with E-state index in [-0.39, 0.29) is 6.10 Å². The minimum absolute atomic E-state index is 0.248. The summed E-state index contributed by atoms with van der Waals surface area (Å²) in [5, 5.41) is 0. The Labute approximate surface area is 137 Å². The molecule has 5 heteroatoms. The van der Waals surface area contributed by atoms with Crippen LogP contribution in [-0.2, 0) is 6.54 Å². The molecule has 1 fully saturated rings. The minimum atomic E-state index is 0.248. The van der Waals surface area contributed by atoms with Gasteiger partial charge in [0.15, 0.2) is 0 Å². The van der Waals surface area contributed by atoms with E-state index in [2.05, 4.69) is 14.9 Å². The Kier molecular flexibility index (Phi) is 5.08. The number of nitrogens with zero attached hydrogens (tertiary/aromatic N) is 3. The van der Waals surface area contributed by atoms with Crippen LogP contribution in [0.2, 0.25) is 0 Å². The first-order chi connectivity index (χ1) is 11.2. The third kappa shape index (κ3) is 4.20. The van der Waals surface area contributed by atoms with Crippen LogP contribution in [0.25, 0.3) is 0 Å². The number of hydrogen-bond donors (Lipinski definition) is 0. The Morgan fingerprint density at radius 3 is 2.74 bits per heavy atom. The molecule has 2 aromatic rings. The van der Waals surface area contributed by atoms with E-state index in [4.69, 9.17) is 9.47 Å². The first-order valence-electron chi connectivity index (χ1n) is 8.05. The van der Waals surface area contributed by atoms with Crippen molar-refractivity contribution in [3.63, 3.8) is 0 Å². The third-order valence-electron chi connectivity index (χ3n) is 4.15. The van der Waals surface area contributed by atoms with E-state index < -0.39 is 0 Å². The zero-order chi connectivity index (χ0) is 16.1. The normalized spacial score (nSPS) is 16.3. The maximum absolute atomic E-state index is 6.05. The number of ether oxygens (including phenoxy) is 2. The number of methoxy groups -OCH3 is 1. The summed E-state index contributed by atoms with van der Waals surface area (Å²) in [6.45, 7) is 4.91. The molecule has 23 heavy (non-hydrogen) atoms. The predicted octanol–water partition coefficient (Wildman–Crippen LogP) is 2.84. The van der Waals surface area contributed by atoms with Crippen LogP contribution in [0.15, 0.2) is 36.5 Å². The average molecular weight is 313 g/mol. The number of aromatic nitrogens is 2. The lowest BCUT2D eigenvalue weighted by Gasteiger charge is -2.31. The highest BCUT2D eigenvalue weighted by molar-refractivity contribution is 5.23. The van der Waals surface area contributed by atoms with Crippen LogP contribution in [0.5, 0.6) is 11.8 Å². The zero-order valence-corrected chi connectivity index (χ0v) is 13.7. The number of aryl methyl sites for hydroxylation is 1. The van der Waals surface area contributed by atoms with Crippen molar-refractivity contribution in [2.45, 2.75) is 32.4 Å². The number of piperidine rings is 1. The first-order valence-corrected chi connectivity index (χ1v) is 8.05. The highest BCUT2D eigenvalue weighted by Crippen LogP contribution is 2.21. The van der Waals surface area contributed by atoms with Crippen molar-refractivity contribution in [2.75, 3.05) is 20.2 Å². The molecule has 0 atom stereocenters. The molecule has 122 valence electrons. The summed E-state index contributed by atoms with van der Waals surface area (Å²) in [5.74, 6) is 1.44. The minimum Gasteiger partial charge on any atom is -0.481 e. The van der Waals surface area contributed by atoms with E-state index in [9.17, 15) is 0 Å². The maximum atomic E-state index is 6.05. The highest BCUT2D eigenvalue weighted by atomic mass is 16.5. The predicted molar refractivity (Wildman–Crippen MR) is 88.7 cm³/mol. The van der Waals surface area contributed by atoms with Gasteiger partial charge in [-0.1, -0.05) is 12.1 Å². The van der Waals surface area contributed by atoms with E-state index in [1.807, 2.05) is 37.3 Å². The van der Waals surface area contributed by atoms with Crippen molar-refractivity contribution in [1.29, 1.82) is 0 Å². The monoisotopic (exact) mass is 313 g/mol. The van der Waals surface area contributed by atoms with Crippen molar-refractivity contribution in [3.05, 3.63) is 47.8 Å². The molecule has 0 bridgehead atoms. The van der Waals surface area contributed by atoms with Gasteiger partial charge < -0.3 is 9.47 Å². The Balaban J connectivity index is 1.51. The SMILES string of the molecule is COc1cccc(CN2CCC(Oc3ncccc3C)CC2)n1. The van der Waals surface area contributed by atoms with E-state index in [0.717, 1.165) is 49.6 Å². The summed E-state index contributed by atoms with van der Waals surface area (Å²) in [6.07, 6.45) is 4.06. The molecule has 2 aromatic heterocycles. The highest BCUT2D eigenvalue weighted by Gasteiger charge is 2.21. The molecule has 0 N–H and O–H groups in total. The Morgan fingerprint density at radius 1 is 1.17 bits per heavy atom. The van der Waals surface area contributed by atoms with Gasteiger partial charge in [-0.05, 0) is 31.9 Å². The number of pyridine rings is 2. The largest absolute Gasteiger partial charge is 0.481 e. The van der Waals surface area contributed by atoms with Crippen LogP contribution in [0.4, 0.5) is 0 Å². The third-order valence-corrected chi connectivity index (χ3v) is 4.15. The zero-order valence-electron chi connectivity index (χ0n) is 13.7. The molecule has 0 radical (unpaired) electrons. The second kappa shape index (κ2) is 7.42. The number of rotatable bonds is 5. The van der Waals surface area contributed by atoms with Gasteiger partial charge in [-0.15, -0.1) is 0 Å². The van der Waals surface area contributed by atoms with Gasteiger partial charge in [-0.2, -0.15) is 0 Å². The molecule has 0 amide bonds. The molecule has 1 aliphatic heterocycles. The molecular formula is C18H23N3O2. The Bertz CT molecular complexity index is 640. The van der Waals surface area contributed by atoms with Crippen LogP contribution in [-0.4, -0.2) is 41.2 Å². The van der Waals surface area contributed by atoms with Gasteiger partial charge in [-0.3, -0.25) is 4.90 Å². The fourth-order valence-electron chi connectivity index (χ4n) is 2.83. The van der Waals surface area contributed by atoms with Gasteiger partial charge in [0, 0.05) is 37.5 Å².